The lowest BCUT2D eigenvalue weighted by Crippen LogP contribution is -2.02. The third-order valence-corrected chi connectivity index (χ3v) is 6.66. The summed E-state index contributed by atoms with van der Waals surface area (Å²) in [6, 6.07) is 20.9. The zero-order chi connectivity index (χ0) is 30.3. The van der Waals surface area contributed by atoms with Gasteiger partial charge >= 0.3 is 0 Å². The third kappa shape index (κ3) is 6.57. The maximum atomic E-state index is 6.10. The van der Waals surface area contributed by atoms with Gasteiger partial charge in [-0.05, 0) is 61.4 Å². The second-order valence-corrected chi connectivity index (χ2v) is 9.83. The van der Waals surface area contributed by atoms with E-state index in [0.29, 0.717) is 52.3 Å². The van der Waals surface area contributed by atoms with E-state index in [1.54, 1.807) is 36.3 Å². The van der Waals surface area contributed by atoms with Crippen molar-refractivity contribution in [2.75, 3.05) is 7.11 Å². The SMILES string of the molecule is CCCc1nnc(/C=C/c2cc(OCc3ccc(OCc4nc(-c5ccco5)oc4C)c(OC)c3)nn2-c2ccccc2)o1. The summed E-state index contributed by atoms with van der Waals surface area (Å²) in [6.45, 7) is 4.38. The summed E-state index contributed by atoms with van der Waals surface area (Å²) in [5, 5.41) is 12.9. The highest BCUT2D eigenvalue weighted by molar-refractivity contribution is 5.65. The van der Waals surface area contributed by atoms with Gasteiger partial charge in [-0.1, -0.05) is 31.2 Å². The molecule has 4 aromatic heterocycles. The first-order valence-electron chi connectivity index (χ1n) is 14.2. The first-order chi connectivity index (χ1) is 21.6. The standard InChI is InChI=1S/C33H31N5O6/c1-4-9-30-35-36-31(44-30)16-14-25-19-32(37-38(25)24-10-6-5-7-11-24)42-20-23-13-15-27(29(18-23)39-3)41-21-26-22(2)43-33(34-26)28-12-8-17-40-28/h5-8,10-19H,4,9,20-21H2,1-3H3/b16-14+. The van der Waals surface area contributed by atoms with Crippen molar-refractivity contribution in [2.24, 2.45) is 0 Å². The van der Waals surface area contributed by atoms with Crippen molar-refractivity contribution < 1.29 is 27.5 Å². The lowest BCUT2D eigenvalue weighted by molar-refractivity contribution is 0.275. The average molecular weight is 594 g/mol. The van der Waals surface area contributed by atoms with Crippen LogP contribution in [-0.2, 0) is 19.6 Å². The van der Waals surface area contributed by atoms with Crippen LogP contribution in [0.1, 0.15) is 47.8 Å². The molecule has 0 saturated heterocycles. The van der Waals surface area contributed by atoms with Crippen molar-refractivity contribution >= 4 is 12.2 Å². The molecule has 0 fully saturated rings. The Morgan fingerprint density at radius 1 is 0.886 bits per heavy atom. The summed E-state index contributed by atoms with van der Waals surface area (Å²) in [7, 11) is 1.60. The number of aryl methyl sites for hydroxylation is 2. The lowest BCUT2D eigenvalue weighted by Gasteiger charge is -2.12. The van der Waals surface area contributed by atoms with Crippen LogP contribution in [0.4, 0.5) is 0 Å². The zero-order valence-electron chi connectivity index (χ0n) is 24.6. The molecule has 0 N–H and O–H groups in total. The molecule has 0 radical (unpaired) electrons. The molecular weight excluding hydrogens is 562 g/mol. The highest BCUT2D eigenvalue weighted by atomic mass is 16.5. The van der Waals surface area contributed by atoms with E-state index in [4.69, 9.17) is 32.6 Å². The van der Waals surface area contributed by atoms with Crippen LogP contribution in [-0.4, -0.2) is 32.1 Å². The van der Waals surface area contributed by atoms with Gasteiger partial charge in [-0.25, -0.2) is 9.67 Å². The van der Waals surface area contributed by atoms with Gasteiger partial charge in [-0.15, -0.1) is 15.3 Å². The number of oxazole rings is 1. The highest BCUT2D eigenvalue weighted by Crippen LogP contribution is 2.31. The van der Waals surface area contributed by atoms with Gasteiger partial charge in [-0.3, -0.25) is 0 Å². The van der Waals surface area contributed by atoms with Crippen LogP contribution in [0.25, 0.3) is 29.5 Å². The van der Waals surface area contributed by atoms with Crippen molar-refractivity contribution in [3.8, 4) is 34.7 Å². The van der Waals surface area contributed by atoms with E-state index in [9.17, 15) is 0 Å². The quantitative estimate of drug-likeness (QED) is 0.137. The Labute approximate surface area is 253 Å². The minimum Gasteiger partial charge on any atom is -0.493 e. The molecule has 0 bridgehead atoms. The summed E-state index contributed by atoms with van der Waals surface area (Å²) in [5.74, 6) is 4.28. The number of furan rings is 1. The summed E-state index contributed by atoms with van der Waals surface area (Å²) >= 11 is 0. The van der Waals surface area contributed by atoms with E-state index in [2.05, 4.69) is 22.1 Å². The molecular formula is C33H31N5O6. The first kappa shape index (κ1) is 28.5. The van der Waals surface area contributed by atoms with Gasteiger partial charge in [0.05, 0.1) is 24.8 Å². The molecule has 4 heterocycles. The van der Waals surface area contributed by atoms with Gasteiger partial charge in [0.25, 0.3) is 5.89 Å². The van der Waals surface area contributed by atoms with Crippen LogP contribution < -0.4 is 14.2 Å². The predicted molar refractivity (Wildman–Crippen MR) is 161 cm³/mol. The van der Waals surface area contributed by atoms with Crippen LogP contribution in [0.5, 0.6) is 17.4 Å². The van der Waals surface area contributed by atoms with Crippen LogP contribution in [0.2, 0.25) is 0 Å². The van der Waals surface area contributed by atoms with Crippen LogP contribution in [0.3, 0.4) is 0 Å². The molecule has 0 aliphatic rings. The van der Waals surface area contributed by atoms with Gasteiger partial charge in [0.1, 0.15) is 24.7 Å². The van der Waals surface area contributed by atoms with Crippen molar-refractivity contribution in [3.63, 3.8) is 0 Å². The zero-order valence-corrected chi connectivity index (χ0v) is 24.6. The number of nitrogens with zero attached hydrogens (tertiary/aromatic N) is 5. The largest absolute Gasteiger partial charge is 0.493 e. The number of hydrogen-bond acceptors (Lipinski definition) is 10. The molecule has 0 aliphatic heterocycles. The molecule has 0 spiro atoms. The highest BCUT2D eigenvalue weighted by Gasteiger charge is 2.16. The van der Waals surface area contributed by atoms with E-state index in [1.165, 1.54) is 0 Å². The number of ether oxygens (including phenoxy) is 3. The van der Waals surface area contributed by atoms with Gasteiger partial charge in [0.15, 0.2) is 17.3 Å². The Morgan fingerprint density at radius 3 is 2.57 bits per heavy atom. The molecule has 11 heteroatoms. The van der Waals surface area contributed by atoms with E-state index in [-0.39, 0.29) is 13.2 Å². The Bertz CT molecular complexity index is 1840. The minimum absolute atomic E-state index is 0.207. The van der Waals surface area contributed by atoms with Crippen molar-refractivity contribution in [2.45, 2.75) is 39.9 Å². The molecule has 0 saturated carbocycles. The van der Waals surface area contributed by atoms with Crippen LogP contribution in [0, 0.1) is 6.92 Å². The fourth-order valence-corrected chi connectivity index (χ4v) is 4.44. The number of methoxy groups -OCH3 is 1. The summed E-state index contributed by atoms with van der Waals surface area (Å²) in [5.41, 5.74) is 3.24. The smallest absolute Gasteiger partial charge is 0.263 e. The number of rotatable bonds is 13. The molecule has 0 unspecified atom stereocenters. The first-order valence-corrected chi connectivity index (χ1v) is 14.2. The maximum Gasteiger partial charge on any atom is 0.263 e. The minimum atomic E-state index is 0.207. The van der Waals surface area contributed by atoms with Crippen LogP contribution >= 0.6 is 0 Å². The van der Waals surface area contributed by atoms with E-state index in [1.807, 2.05) is 67.6 Å². The molecule has 0 amide bonds. The molecule has 6 aromatic rings. The summed E-state index contributed by atoms with van der Waals surface area (Å²) in [4.78, 5) is 4.50. The van der Waals surface area contributed by atoms with E-state index < -0.39 is 0 Å². The second-order valence-electron chi connectivity index (χ2n) is 9.83. The number of hydrogen-bond donors (Lipinski definition) is 0. The predicted octanol–water partition coefficient (Wildman–Crippen LogP) is 7.10. The summed E-state index contributed by atoms with van der Waals surface area (Å²) in [6.07, 6.45) is 6.90. The molecule has 224 valence electrons. The maximum absolute atomic E-state index is 6.10. The second kappa shape index (κ2) is 13.2. The Morgan fingerprint density at radius 2 is 1.77 bits per heavy atom. The Hall–Kier alpha value is -5.58. The van der Waals surface area contributed by atoms with Gasteiger partial charge in [0, 0.05) is 18.6 Å². The number of benzene rings is 2. The van der Waals surface area contributed by atoms with E-state index >= 15 is 0 Å². The van der Waals surface area contributed by atoms with Gasteiger partial charge in [0.2, 0.25) is 17.7 Å². The van der Waals surface area contributed by atoms with Gasteiger partial charge < -0.3 is 27.5 Å². The number of aromatic nitrogens is 5. The van der Waals surface area contributed by atoms with E-state index in [0.717, 1.165) is 29.8 Å². The fourth-order valence-electron chi connectivity index (χ4n) is 4.44. The third-order valence-electron chi connectivity index (χ3n) is 6.66. The number of para-hydroxylation sites is 1. The monoisotopic (exact) mass is 593 g/mol. The fraction of sp³-hybridized carbons (Fsp3) is 0.212. The van der Waals surface area contributed by atoms with Crippen molar-refractivity contribution in [1.82, 2.24) is 25.0 Å². The molecule has 11 nitrogen and oxygen atoms in total. The lowest BCUT2D eigenvalue weighted by atomic mass is 10.2. The average Bonchev–Trinajstić information content (AvgIpc) is 3.87. The molecule has 6 rings (SSSR count). The van der Waals surface area contributed by atoms with Crippen molar-refractivity contribution in [1.29, 1.82) is 0 Å². The molecule has 0 atom stereocenters. The normalized spacial score (nSPS) is 11.3. The molecule has 2 aromatic carbocycles. The molecule has 44 heavy (non-hydrogen) atoms. The Balaban J connectivity index is 1.14. The Kier molecular flexibility index (Phi) is 8.53. The van der Waals surface area contributed by atoms with Crippen LogP contribution in [0.15, 0.2) is 86.2 Å². The summed E-state index contributed by atoms with van der Waals surface area (Å²) < 4.78 is 36.3. The van der Waals surface area contributed by atoms with Crippen molar-refractivity contribution in [3.05, 3.63) is 107 Å². The topological polar surface area (TPSA) is 124 Å². The molecule has 0 aliphatic carbocycles. The van der Waals surface area contributed by atoms with Gasteiger partial charge in [-0.2, -0.15) is 0 Å².